The first kappa shape index (κ1) is 12.8. The zero-order valence-electron chi connectivity index (χ0n) is 8.92. The maximum atomic E-state index is 5.99. The normalized spacial score (nSPS) is 13.6. The molecule has 0 aromatic rings. The van der Waals surface area contributed by atoms with Gasteiger partial charge in [0.25, 0.3) is 0 Å². The van der Waals surface area contributed by atoms with Crippen LogP contribution in [0.25, 0.3) is 0 Å². The molecule has 0 aromatic carbocycles. The molecule has 5 N–H and O–H groups in total. The van der Waals surface area contributed by atoms with E-state index in [4.69, 9.17) is 11.5 Å². The van der Waals surface area contributed by atoms with Crippen LogP contribution >= 0.6 is 0 Å². The largest absolute Gasteiger partial charge is 0.329 e. The lowest BCUT2D eigenvalue weighted by atomic mass is 10.3. The Hall–Kier alpha value is -0.160. The van der Waals surface area contributed by atoms with Gasteiger partial charge in [0, 0.05) is 13.1 Å². The Balaban J connectivity index is 3.57. The summed E-state index contributed by atoms with van der Waals surface area (Å²) >= 11 is 0. The van der Waals surface area contributed by atoms with Gasteiger partial charge in [0.1, 0.15) is 0 Å². The number of likely N-dealkylation sites (N-methyl/N-ethyl adjacent to an activating group) is 1. The molecule has 0 saturated carbocycles. The predicted molar refractivity (Wildman–Crippen MR) is 57.4 cm³/mol. The van der Waals surface area contributed by atoms with E-state index in [2.05, 4.69) is 24.1 Å². The van der Waals surface area contributed by atoms with E-state index in [1.165, 1.54) is 0 Å². The highest BCUT2D eigenvalue weighted by molar-refractivity contribution is 4.65. The maximum Gasteiger partial charge on any atom is 0.0584 e. The molecule has 0 aliphatic carbocycles. The van der Waals surface area contributed by atoms with Crippen LogP contribution < -0.4 is 16.8 Å². The number of nitrogens with zero attached hydrogens (tertiary/aromatic N) is 1. The topological polar surface area (TPSA) is 67.3 Å². The first-order valence-electron chi connectivity index (χ1n) is 5.16. The highest BCUT2D eigenvalue weighted by atomic mass is 15.2. The molecule has 1 unspecified atom stereocenters. The lowest BCUT2D eigenvalue weighted by Crippen LogP contribution is -2.45. The van der Waals surface area contributed by atoms with E-state index in [1.54, 1.807) is 0 Å². The Morgan fingerprint density at radius 2 is 2.08 bits per heavy atom. The highest BCUT2D eigenvalue weighted by Gasteiger charge is 2.09. The standard InChI is InChI=1S/C9H24N4/c1-3-12-7-5-9(11)13(4-2)8-6-10/h9,12H,3-8,10-11H2,1-2H3. The highest BCUT2D eigenvalue weighted by Crippen LogP contribution is 1.95. The molecule has 4 nitrogen and oxygen atoms in total. The van der Waals surface area contributed by atoms with Crippen LogP contribution in [0.1, 0.15) is 20.3 Å². The fourth-order valence-corrected chi connectivity index (χ4v) is 1.33. The third-order valence-corrected chi connectivity index (χ3v) is 2.16. The minimum atomic E-state index is 0.146. The van der Waals surface area contributed by atoms with E-state index in [0.29, 0.717) is 6.54 Å². The molecule has 0 aliphatic rings. The van der Waals surface area contributed by atoms with Crippen molar-refractivity contribution in [3.63, 3.8) is 0 Å². The second-order valence-electron chi connectivity index (χ2n) is 3.13. The number of nitrogens with one attached hydrogen (secondary N) is 1. The lowest BCUT2D eigenvalue weighted by molar-refractivity contribution is 0.205. The van der Waals surface area contributed by atoms with Crippen molar-refractivity contribution >= 4 is 0 Å². The second kappa shape index (κ2) is 8.44. The summed E-state index contributed by atoms with van der Waals surface area (Å²) < 4.78 is 0. The van der Waals surface area contributed by atoms with Crippen molar-refractivity contribution in [2.75, 3.05) is 32.7 Å². The molecule has 0 radical (unpaired) electrons. The molecule has 0 rings (SSSR count). The lowest BCUT2D eigenvalue weighted by Gasteiger charge is -2.26. The van der Waals surface area contributed by atoms with Gasteiger partial charge in [0.15, 0.2) is 0 Å². The van der Waals surface area contributed by atoms with Gasteiger partial charge in [-0.2, -0.15) is 0 Å². The summed E-state index contributed by atoms with van der Waals surface area (Å²) in [5, 5.41) is 3.26. The molecule has 0 bridgehead atoms. The molecule has 80 valence electrons. The third kappa shape index (κ3) is 5.99. The van der Waals surface area contributed by atoms with Gasteiger partial charge >= 0.3 is 0 Å². The van der Waals surface area contributed by atoms with Crippen LogP contribution in [-0.2, 0) is 0 Å². The maximum absolute atomic E-state index is 5.99. The zero-order valence-corrected chi connectivity index (χ0v) is 8.92. The van der Waals surface area contributed by atoms with Crippen LogP contribution in [0.5, 0.6) is 0 Å². The van der Waals surface area contributed by atoms with Gasteiger partial charge in [-0.15, -0.1) is 0 Å². The van der Waals surface area contributed by atoms with Crippen molar-refractivity contribution in [3.8, 4) is 0 Å². The van der Waals surface area contributed by atoms with Crippen molar-refractivity contribution < 1.29 is 0 Å². The SMILES string of the molecule is CCNCCC(N)N(CC)CCN. The van der Waals surface area contributed by atoms with Crippen molar-refractivity contribution in [1.29, 1.82) is 0 Å². The Morgan fingerprint density at radius 1 is 1.38 bits per heavy atom. The predicted octanol–water partition coefficient (Wildman–Crippen LogP) is -0.449. The van der Waals surface area contributed by atoms with Gasteiger partial charge in [0.05, 0.1) is 6.17 Å². The van der Waals surface area contributed by atoms with Gasteiger partial charge in [-0.3, -0.25) is 4.90 Å². The molecule has 0 aromatic heterocycles. The van der Waals surface area contributed by atoms with Crippen molar-refractivity contribution in [2.45, 2.75) is 26.4 Å². The van der Waals surface area contributed by atoms with Gasteiger partial charge in [0.2, 0.25) is 0 Å². The molecule has 0 heterocycles. The summed E-state index contributed by atoms with van der Waals surface area (Å²) in [5.74, 6) is 0. The number of hydrogen-bond donors (Lipinski definition) is 3. The Labute approximate surface area is 81.6 Å². The van der Waals surface area contributed by atoms with Crippen molar-refractivity contribution in [2.24, 2.45) is 11.5 Å². The average molecular weight is 188 g/mol. The molecule has 1 atom stereocenters. The van der Waals surface area contributed by atoms with Gasteiger partial charge in [-0.25, -0.2) is 0 Å². The zero-order chi connectivity index (χ0) is 10.1. The fraction of sp³-hybridized carbons (Fsp3) is 1.00. The first-order valence-corrected chi connectivity index (χ1v) is 5.16. The summed E-state index contributed by atoms with van der Waals surface area (Å²) in [6.07, 6.45) is 1.13. The molecule has 4 heteroatoms. The third-order valence-electron chi connectivity index (χ3n) is 2.16. The summed E-state index contributed by atoms with van der Waals surface area (Å²) in [6.45, 7) is 8.76. The summed E-state index contributed by atoms with van der Waals surface area (Å²) in [5.41, 5.74) is 11.5. The first-order chi connectivity index (χ1) is 6.26. The molecule has 0 fully saturated rings. The molecular formula is C9H24N4. The fourth-order valence-electron chi connectivity index (χ4n) is 1.33. The molecule has 0 spiro atoms. The summed E-state index contributed by atoms with van der Waals surface area (Å²) in [6, 6.07) is 0. The summed E-state index contributed by atoms with van der Waals surface area (Å²) in [7, 11) is 0. The van der Waals surface area contributed by atoms with Crippen LogP contribution in [0.15, 0.2) is 0 Å². The van der Waals surface area contributed by atoms with E-state index in [-0.39, 0.29) is 6.17 Å². The molecule has 0 aliphatic heterocycles. The number of rotatable bonds is 8. The van der Waals surface area contributed by atoms with Crippen LogP contribution in [0, 0.1) is 0 Å². The van der Waals surface area contributed by atoms with E-state index in [1.807, 2.05) is 0 Å². The summed E-state index contributed by atoms with van der Waals surface area (Å²) in [4.78, 5) is 2.21. The Morgan fingerprint density at radius 3 is 2.54 bits per heavy atom. The monoisotopic (exact) mass is 188 g/mol. The Kier molecular flexibility index (Phi) is 8.33. The van der Waals surface area contributed by atoms with Crippen LogP contribution in [-0.4, -0.2) is 43.8 Å². The molecular weight excluding hydrogens is 164 g/mol. The number of hydrogen-bond acceptors (Lipinski definition) is 4. The van der Waals surface area contributed by atoms with Crippen LogP contribution in [0.3, 0.4) is 0 Å². The van der Waals surface area contributed by atoms with Crippen molar-refractivity contribution in [3.05, 3.63) is 0 Å². The Bertz CT molecular complexity index is 108. The van der Waals surface area contributed by atoms with Gasteiger partial charge in [-0.1, -0.05) is 13.8 Å². The number of nitrogens with two attached hydrogens (primary N) is 2. The molecule has 0 saturated heterocycles. The molecule has 13 heavy (non-hydrogen) atoms. The van der Waals surface area contributed by atoms with Gasteiger partial charge < -0.3 is 16.8 Å². The van der Waals surface area contributed by atoms with E-state index >= 15 is 0 Å². The quantitative estimate of drug-likeness (QED) is 0.356. The van der Waals surface area contributed by atoms with E-state index in [9.17, 15) is 0 Å². The van der Waals surface area contributed by atoms with Crippen molar-refractivity contribution in [1.82, 2.24) is 10.2 Å². The second-order valence-corrected chi connectivity index (χ2v) is 3.13. The average Bonchev–Trinajstić information content (AvgIpc) is 2.14. The van der Waals surface area contributed by atoms with Crippen LogP contribution in [0.4, 0.5) is 0 Å². The van der Waals surface area contributed by atoms with Gasteiger partial charge in [-0.05, 0) is 26.1 Å². The van der Waals surface area contributed by atoms with Crippen LogP contribution in [0.2, 0.25) is 0 Å². The smallest absolute Gasteiger partial charge is 0.0584 e. The minimum Gasteiger partial charge on any atom is -0.329 e. The minimum absolute atomic E-state index is 0.146. The molecule has 0 amide bonds. The van der Waals surface area contributed by atoms with E-state index in [0.717, 1.165) is 32.6 Å². The van der Waals surface area contributed by atoms with E-state index < -0.39 is 0 Å².